The lowest BCUT2D eigenvalue weighted by Crippen LogP contribution is -2.48. The molecular formula is C24H27N3O2. The summed E-state index contributed by atoms with van der Waals surface area (Å²) in [5, 5.41) is 2.29. The molecule has 1 amide bonds. The summed E-state index contributed by atoms with van der Waals surface area (Å²) < 4.78 is 5.96. The number of hydrogen-bond donors (Lipinski definition) is 0. The topological polar surface area (TPSA) is 45.7 Å². The van der Waals surface area contributed by atoms with Crippen molar-refractivity contribution in [3.63, 3.8) is 0 Å². The summed E-state index contributed by atoms with van der Waals surface area (Å²) in [7, 11) is 0. The Balaban J connectivity index is 1.19. The largest absolute Gasteiger partial charge is 0.493 e. The lowest BCUT2D eigenvalue weighted by atomic mass is 10.1. The van der Waals surface area contributed by atoms with Crippen molar-refractivity contribution < 1.29 is 9.53 Å². The molecule has 2 aromatic carbocycles. The molecule has 0 spiro atoms. The Morgan fingerprint density at radius 2 is 1.69 bits per heavy atom. The van der Waals surface area contributed by atoms with Crippen LogP contribution < -0.4 is 4.74 Å². The molecule has 0 saturated carbocycles. The number of pyridine rings is 1. The first kappa shape index (κ1) is 19.4. The molecule has 1 aliphatic heterocycles. The number of rotatable bonds is 7. The van der Waals surface area contributed by atoms with Crippen molar-refractivity contribution in [2.24, 2.45) is 0 Å². The average molecular weight is 389 g/mol. The van der Waals surface area contributed by atoms with Gasteiger partial charge in [-0.25, -0.2) is 0 Å². The number of nitrogens with zero attached hydrogens (tertiary/aromatic N) is 3. The van der Waals surface area contributed by atoms with E-state index >= 15 is 0 Å². The SMILES string of the molecule is O=C(CCCOc1cccc2ccccc12)N1CCN(Cc2ccncc2)CC1. The van der Waals surface area contributed by atoms with Crippen molar-refractivity contribution in [1.82, 2.24) is 14.8 Å². The molecule has 5 heteroatoms. The van der Waals surface area contributed by atoms with Crippen LogP contribution in [-0.2, 0) is 11.3 Å². The van der Waals surface area contributed by atoms with Crippen LogP contribution >= 0.6 is 0 Å². The Morgan fingerprint density at radius 1 is 0.931 bits per heavy atom. The van der Waals surface area contributed by atoms with Gasteiger partial charge in [-0.3, -0.25) is 14.7 Å². The minimum atomic E-state index is 0.232. The van der Waals surface area contributed by atoms with Gasteiger partial charge in [0.25, 0.3) is 0 Å². The molecule has 0 atom stereocenters. The summed E-state index contributed by atoms with van der Waals surface area (Å²) in [5.74, 6) is 1.12. The van der Waals surface area contributed by atoms with Crippen LogP contribution in [0.4, 0.5) is 0 Å². The molecule has 3 aromatic rings. The van der Waals surface area contributed by atoms with Crippen LogP contribution in [0.2, 0.25) is 0 Å². The first-order valence-corrected chi connectivity index (χ1v) is 10.3. The monoisotopic (exact) mass is 389 g/mol. The van der Waals surface area contributed by atoms with E-state index in [1.807, 2.05) is 53.7 Å². The Hall–Kier alpha value is -2.92. The molecule has 1 saturated heterocycles. The molecule has 0 aliphatic carbocycles. The van der Waals surface area contributed by atoms with Crippen LogP contribution in [-0.4, -0.2) is 53.5 Å². The van der Waals surface area contributed by atoms with Crippen LogP contribution in [0.15, 0.2) is 67.0 Å². The highest BCUT2D eigenvalue weighted by Crippen LogP contribution is 2.25. The maximum Gasteiger partial charge on any atom is 0.222 e. The van der Waals surface area contributed by atoms with Crippen LogP contribution in [0.25, 0.3) is 10.8 Å². The highest BCUT2D eigenvalue weighted by atomic mass is 16.5. The first-order chi connectivity index (χ1) is 14.3. The first-order valence-electron chi connectivity index (χ1n) is 10.3. The second kappa shape index (κ2) is 9.52. The molecular weight excluding hydrogens is 362 g/mol. The number of carbonyl (C=O) groups is 1. The maximum atomic E-state index is 12.5. The number of amides is 1. The van der Waals surface area contributed by atoms with E-state index in [-0.39, 0.29) is 5.91 Å². The predicted octanol–water partition coefficient (Wildman–Crippen LogP) is 3.74. The third-order valence-corrected chi connectivity index (χ3v) is 5.42. The van der Waals surface area contributed by atoms with E-state index in [9.17, 15) is 4.79 Å². The van der Waals surface area contributed by atoms with Gasteiger partial charge in [-0.05, 0) is 35.6 Å². The second-order valence-electron chi connectivity index (χ2n) is 7.44. The third-order valence-electron chi connectivity index (χ3n) is 5.42. The number of piperazine rings is 1. The Morgan fingerprint density at radius 3 is 2.52 bits per heavy atom. The molecule has 150 valence electrons. The fourth-order valence-electron chi connectivity index (χ4n) is 3.79. The molecule has 5 nitrogen and oxygen atoms in total. The van der Waals surface area contributed by atoms with E-state index in [1.54, 1.807) is 0 Å². The molecule has 2 heterocycles. The fourth-order valence-corrected chi connectivity index (χ4v) is 3.79. The van der Waals surface area contributed by atoms with Crippen LogP contribution in [0.3, 0.4) is 0 Å². The Kier molecular flexibility index (Phi) is 6.37. The second-order valence-corrected chi connectivity index (χ2v) is 7.44. The lowest BCUT2D eigenvalue weighted by Gasteiger charge is -2.34. The van der Waals surface area contributed by atoms with Gasteiger partial charge in [0.1, 0.15) is 5.75 Å². The number of benzene rings is 2. The highest BCUT2D eigenvalue weighted by Gasteiger charge is 2.20. The van der Waals surface area contributed by atoms with Gasteiger partial charge in [-0.1, -0.05) is 36.4 Å². The molecule has 1 fully saturated rings. The smallest absolute Gasteiger partial charge is 0.222 e. The van der Waals surface area contributed by atoms with Crippen LogP contribution in [0, 0.1) is 0 Å². The van der Waals surface area contributed by atoms with E-state index in [0.717, 1.165) is 50.3 Å². The van der Waals surface area contributed by atoms with Crippen molar-refractivity contribution in [2.45, 2.75) is 19.4 Å². The zero-order valence-corrected chi connectivity index (χ0v) is 16.7. The van der Waals surface area contributed by atoms with Gasteiger partial charge in [0.05, 0.1) is 6.61 Å². The van der Waals surface area contributed by atoms with E-state index in [4.69, 9.17) is 4.74 Å². The summed E-state index contributed by atoms with van der Waals surface area (Å²) in [4.78, 5) is 21.0. The van der Waals surface area contributed by atoms with E-state index in [2.05, 4.69) is 28.1 Å². The van der Waals surface area contributed by atoms with Crippen molar-refractivity contribution in [3.05, 3.63) is 72.6 Å². The molecule has 1 aliphatic rings. The minimum absolute atomic E-state index is 0.232. The zero-order chi connectivity index (χ0) is 19.9. The number of ether oxygens (including phenoxy) is 1. The number of hydrogen-bond acceptors (Lipinski definition) is 4. The van der Waals surface area contributed by atoms with Gasteiger partial charge in [0.15, 0.2) is 0 Å². The molecule has 4 rings (SSSR count). The summed E-state index contributed by atoms with van der Waals surface area (Å²) >= 11 is 0. The van der Waals surface area contributed by atoms with E-state index in [0.29, 0.717) is 13.0 Å². The lowest BCUT2D eigenvalue weighted by molar-refractivity contribution is -0.133. The summed E-state index contributed by atoms with van der Waals surface area (Å²) in [6, 6.07) is 18.4. The molecule has 1 aromatic heterocycles. The van der Waals surface area contributed by atoms with E-state index < -0.39 is 0 Å². The van der Waals surface area contributed by atoms with Gasteiger partial charge >= 0.3 is 0 Å². The molecule has 29 heavy (non-hydrogen) atoms. The summed E-state index contributed by atoms with van der Waals surface area (Å²) in [6.45, 7) is 4.91. The summed E-state index contributed by atoms with van der Waals surface area (Å²) in [5.41, 5.74) is 1.27. The van der Waals surface area contributed by atoms with Gasteiger partial charge in [0.2, 0.25) is 5.91 Å². The van der Waals surface area contributed by atoms with Crippen LogP contribution in [0.5, 0.6) is 5.75 Å². The molecule has 0 N–H and O–H groups in total. The van der Waals surface area contributed by atoms with Crippen molar-refractivity contribution in [3.8, 4) is 5.75 Å². The third kappa shape index (κ3) is 5.12. The standard InChI is InChI=1S/C24H27N3O2/c28-24(27-16-14-26(15-17-27)19-20-10-12-25-13-11-20)9-4-18-29-23-8-3-6-21-5-1-2-7-22(21)23/h1-3,5-8,10-13H,4,9,14-19H2. The minimum Gasteiger partial charge on any atom is -0.493 e. The molecule has 0 unspecified atom stereocenters. The number of aromatic nitrogens is 1. The normalized spacial score (nSPS) is 14.8. The van der Waals surface area contributed by atoms with Crippen molar-refractivity contribution in [2.75, 3.05) is 32.8 Å². The van der Waals surface area contributed by atoms with Crippen LogP contribution in [0.1, 0.15) is 18.4 Å². The van der Waals surface area contributed by atoms with E-state index in [1.165, 1.54) is 10.9 Å². The Labute approximate surface area is 171 Å². The highest BCUT2D eigenvalue weighted by molar-refractivity contribution is 5.88. The maximum absolute atomic E-state index is 12.5. The quantitative estimate of drug-likeness (QED) is 0.578. The van der Waals surface area contributed by atoms with Crippen molar-refractivity contribution in [1.29, 1.82) is 0 Å². The fraction of sp³-hybridized carbons (Fsp3) is 0.333. The van der Waals surface area contributed by atoms with Gasteiger partial charge in [-0.2, -0.15) is 0 Å². The van der Waals surface area contributed by atoms with Gasteiger partial charge in [-0.15, -0.1) is 0 Å². The predicted molar refractivity (Wildman–Crippen MR) is 115 cm³/mol. The average Bonchev–Trinajstić information content (AvgIpc) is 2.78. The van der Waals surface area contributed by atoms with Gasteiger partial charge in [0, 0.05) is 56.9 Å². The molecule has 0 bridgehead atoms. The van der Waals surface area contributed by atoms with Crippen molar-refractivity contribution >= 4 is 16.7 Å². The summed E-state index contributed by atoms with van der Waals surface area (Å²) in [6.07, 6.45) is 4.93. The zero-order valence-electron chi connectivity index (χ0n) is 16.7. The number of fused-ring (bicyclic) bond motifs is 1. The number of carbonyl (C=O) groups excluding carboxylic acids is 1. The molecule has 0 radical (unpaired) electrons. The Bertz CT molecular complexity index is 932. The van der Waals surface area contributed by atoms with Gasteiger partial charge < -0.3 is 9.64 Å².